The van der Waals surface area contributed by atoms with Crippen LogP contribution < -0.4 is 5.32 Å². The van der Waals surface area contributed by atoms with Gasteiger partial charge in [-0.1, -0.05) is 20.8 Å². The summed E-state index contributed by atoms with van der Waals surface area (Å²) in [6.45, 7) is 10.5. The number of aliphatic hydroxyl groups is 1. The van der Waals surface area contributed by atoms with E-state index in [0.29, 0.717) is 13.2 Å². The second kappa shape index (κ2) is 10.1. The minimum absolute atomic E-state index is 0.182. The van der Waals surface area contributed by atoms with Crippen molar-refractivity contribution >= 4 is 5.97 Å². The fraction of sp³-hybridized carbons (Fsp3) is 0.929. The molecule has 0 rings (SSSR count). The van der Waals surface area contributed by atoms with Crippen LogP contribution in [0.3, 0.4) is 0 Å². The zero-order valence-corrected chi connectivity index (χ0v) is 13.3. The van der Waals surface area contributed by atoms with Crippen LogP contribution in [0.15, 0.2) is 0 Å². The Kier molecular flexibility index (Phi) is 9.75. The number of hydrogen-bond acceptors (Lipinski definition) is 5. The van der Waals surface area contributed by atoms with E-state index in [0.717, 1.165) is 13.1 Å². The Hall–Kier alpha value is -0.690. The molecule has 0 aliphatic heterocycles. The van der Waals surface area contributed by atoms with E-state index in [1.807, 2.05) is 6.92 Å². The van der Waals surface area contributed by atoms with Gasteiger partial charge in [-0.15, -0.1) is 0 Å². The molecule has 0 aromatic rings. The summed E-state index contributed by atoms with van der Waals surface area (Å²) in [5.74, 6) is -1.51. The molecule has 4 atom stereocenters. The third-order valence-corrected chi connectivity index (χ3v) is 3.83. The van der Waals surface area contributed by atoms with Crippen molar-refractivity contribution in [2.24, 2.45) is 5.92 Å². The van der Waals surface area contributed by atoms with Crippen molar-refractivity contribution in [3.63, 3.8) is 0 Å². The van der Waals surface area contributed by atoms with Crippen LogP contribution in [0, 0.1) is 5.92 Å². The first-order chi connectivity index (χ1) is 9.38. The zero-order valence-electron chi connectivity index (χ0n) is 13.3. The first-order valence-corrected chi connectivity index (χ1v) is 7.31. The first kappa shape index (κ1) is 19.3. The number of rotatable bonds is 11. The molecule has 0 fully saturated rings. The van der Waals surface area contributed by atoms with Gasteiger partial charge in [0.1, 0.15) is 0 Å². The molecule has 20 heavy (non-hydrogen) atoms. The second-order valence-electron chi connectivity index (χ2n) is 5.08. The van der Waals surface area contributed by atoms with E-state index in [4.69, 9.17) is 4.74 Å². The van der Waals surface area contributed by atoms with Crippen LogP contribution in [0.4, 0.5) is 0 Å². The first-order valence-electron chi connectivity index (χ1n) is 7.31. The van der Waals surface area contributed by atoms with Crippen LogP contribution in [0.5, 0.6) is 0 Å². The molecule has 6 heteroatoms. The van der Waals surface area contributed by atoms with Gasteiger partial charge in [-0.2, -0.15) is 0 Å². The topological polar surface area (TPSA) is 82.0 Å². The summed E-state index contributed by atoms with van der Waals surface area (Å²) in [5, 5.41) is 22.3. The predicted octanol–water partition coefficient (Wildman–Crippen LogP) is 0.403. The molecule has 0 radical (unpaired) electrons. The Bertz CT molecular complexity index is 272. The second-order valence-corrected chi connectivity index (χ2v) is 5.08. The van der Waals surface area contributed by atoms with Gasteiger partial charge < -0.3 is 25.2 Å². The van der Waals surface area contributed by atoms with Crippen LogP contribution in [0.25, 0.3) is 0 Å². The minimum Gasteiger partial charge on any atom is -0.479 e. The van der Waals surface area contributed by atoms with E-state index < -0.39 is 24.1 Å². The summed E-state index contributed by atoms with van der Waals surface area (Å²) in [4.78, 5) is 13.5. The van der Waals surface area contributed by atoms with Gasteiger partial charge >= 0.3 is 5.97 Å². The number of carboxylic acids is 1. The molecule has 0 amide bonds. The van der Waals surface area contributed by atoms with Crippen LogP contribution in [0.2, 0.25) is 0 Å². The van der Waals surface area contributed by atoms with E-state index in [1.165, 1.54) is 0 Å². The Morgan fingerprint density at radius 2 is 1.85 bits per heavy atom. The molecule has 0 saturated heterocycles. The largest absolute Gasteiger partial charge is 0.479 e. The van der Waals surface area contributed by atoms with Gasteiger partial charge in [0, 0.05) is 18.5 Å². The molecule has 0 heterocycles. The third-order valence-electron chi connectivity index (χ3n) is 3.83. The molecule has 0 aromatic heterocycles. The van der Waals surface area contributed by atoms with E-state index in [2.05, 4.69) is 24.1 Å². The molecule has 0 spiro atoms. The van der Waals surface area contributed by atoms with E-state index in [-0.39, 0.29) is 6.04 Å². The summed E-state index contributed by atoms with van der Waals surface area (Å²) in [5.41, 5.74) is 0. The monoisotopic (exact) mass is 290 g/mol. The van der Waals surface area contributed by atoms with E-state index in [1.54, 1.807) is 14.0 Å². The number of carbonyl (C=O) groups is 1. The van der Waals surface area contributed by atoms with Crippen molar-refractivity contribution in [3.05, 3.63) is 0 Å². The van der Waals surface area contributed by atoms with Gasteiger partial charge in [0.2, 0.25) is 0 Å². The standard InChI is InChI=1S/C14H30N2O4/c1-6-16(7-2)8-9-20-13(14(18)19)10(3)12(17)11(4)15-5/h10-13,15,17H,6-9H2,1-5H3,(H,18,19)/t10-,11+,12-,13?/m1/s1. The van der Waals surface area contributed by atoms with E-state index in [9.17, 15) is 15.0 Å². The average molecular weight is 290 g/mol. The number of ether oxygens (including phenoxy) is 1. The normalized spacial score (nSPS) is 17.8. The Labute approximate surface area is 122 Å². The van der Waals surface area contributed by atoms with Gasteiger partial charge in [0.15, 0.2) is 6.10 Å². The van der Waals surface area contributed by atoms with E-state index >= 15 is 0 Å². The number of aliphatic hydroxyl groups excluding tert-OH is 1. The lowest BCUT2D eigenvalue weighted by Gasteiger charge is -2.29. The van der Waals surface area contributed by atoms with Crippen LogP contribution in [-0.4, -0.2) is 72.6 Å². The van der Waals surface area contributed by atoms with Crippen LogP contribution >= 0.6 is 0 Å². The Morgan fingerprint density at radius 3 is 2.25 bits per heavy atom. The van der Waals surface area contributed by atoms with Gasteiger partial charge in [-0.3, -0.25) is 0 Å². The molecular formula is C14H30N2O4. The minimum atomic E-state index is -1.03. The van der Waals surface area contributed by atoms with Crippen molar-refractivity contribution < 1.29 is 19.7 Å². The molecule has 0 aliphatic carbocycles. The third kappa shape index (κ3) is 6.17. The molecular weight excluding hydrogens is 260 g/mol. The number of likely N-dealkylation sites (N-methyl/N-ethyl adjacent to an activating group) is 2. The molecule has 0 aliphatic rings. The lowest BCUT2D eigenvalue weighted by atomic mass is 9.93. The van der Waals surface area contributed by atoms with Crippen molar-refractivity contribution in [3.8, 4) is 0 Å². The lowest BCUT2D eigenvalue weighted by molar-refractivity contribution is -0.158. The molecule has 120 valence electrons. The fourth-order valence-corrected chi connectivity index (χ4v) is 2.10. The summed E-state index contributed by atoms with van der Waals surface area (Å²) in [6.07, 6.45) is -1.76. The zero-order chi connectivity index (χ0) is 15.7. The number of nitrogens with zero attached hydrogens (tertiary/aromatic N) is 1. The van der Waals surface area contributed by atoms with Crippen molar-refractivity contribution in [2.75, 3.05) is 33.3 Å². The van der Waals surface area contributed by atoms with Crippen LogP contribution in [-0.2, 0) is 9.53 Å². The number of carboxylic acid groups (broad SMARTS) is 1. The van der Waals surface area contributed by atoms with Crippen molar-refractivity contribution in [1.29, 1.82) is 0 Å². The van der Waals surface area contributed by atoms with Gasteiger partial charge in [-0.25, -0.2) is 4.79 Å². The van der Waals surface area contributed by atoms with Crippen molar-refractivity contribution in [1.82, 2.24) is 10.2 Å². The van der Waals surface area contributed by atoms with Crippen LogP contribution in [0.1, 0.15) is 27.7 Å². The molecule has 0 saturated carbocycles. The highest BCUT2D eigenvalue weighted by atomic mass is 16.5. The Balaban J connectivity index is 4.46. The maximum Gasteiger partial charge on any atom is 0.333 e. The maximum atomic E-state index is 11.3. The average Bonchev–Trinajstić information content (AvgIpc) is 2.44. The summed E-state index contributed by atoms with van der Waals surface area (Å²) >= 11 is 0. The number of nitrogens with one attached hydrogen (secondary N) is 1. The lowest BCUT2D eigenvalue weighted by Crippen LogP contribution is -2.46. The highest BCUT2D eigenvalue weighted by Crippen LogP contribution is 2.16. The molecule has 3 N–H and O–H groups in total. The summed E-state index contributed by atoms with van der Waals surface area (Å²) in [7, 11) is 1.73. The number of hydrogen-bond donors (Lipinski definition) is 3. The fourth-order valence-electron chi connectivity index (χ4n) is 2.10. The highest BCUT2D eigenvalue weighted by molar-refractivity contribution is 5.72. The predicted molar refractivity (Wildman–Crippen MR) is 78.9 cm³/mol. The van der Waals surface area contributed by atoms with Gasteiger partial charge in [0.05, 0.1) is 12.7 Å². The van der Waals surface area contributed by atoms with Gasteiger partial charge in [-0.05, 0) is 27.1 Å². The molecule has 6 nitrogen and oxygen atoms in total. The quantitative estimate of drug-likeness (QED) is 0.511. The number of aliphatic carboxylic acids is 1. The molecule has 1 unspecified atom stereocenters. The molecule has 0 aromatic carbocycles. The maximum absolute atomic E-state index is 11.3. The Morgan fingerprint density at radius 1 is 1.30 bits per heavy atom. The molecule has 0 bridgehead atoms. The SMILES string of the molecule is CCN(CC)CCOC(C(=O)O)[C@H](C)[C@@H](O)[C@H](C)NC. The summed E-state index contributed by atoms with van der Waals surface area (Å²) in [6, 6.07) is -0.182. The smallest absolute Gasteiger partial charge is 0.333 e. The summed E-state index contributed by atoms with van der Waals surface area (Å²) < 4.78 is 5.49. The van der Waals surface area contributed by atoms with Crippen molar-refractivity contribution in [2.45, 2.75) is 45.9 Å². The van der Waals surface area contributed by atoms with Gasteiger partial charge in [0.25, 0.3) is 0 Å². The highest BCUT2D eigenvalue weighted by Gasteiger charge is 2.33.